The molecule has 6 atom stereocenters. The van der Waals surface area contributed by atoms with Gasteiger partial charge in [-0.05, 0) is 183 Å². The SMILES string of the molecule is CC1(C)CCC(C)(C)c2cc(N(c3ccc4c(c3)C(C)(C)CCC4(C)C)c3c(-c4ccccc4)ccc4c3Sc3cc(-c5ccccc5)ccc3C43C4CC5CC6CC3C64C5)ccc21. The van der Waals surface area contributed by atoms with Gasteiger partial charge in [0.2, 0.25) is 0 Å². The zero-order valence-corrected chi connectivity index (χ0v) is 40.3. The molecular formula is C62H65NS. The van der Waals surface area contributed by atoms with E-state index in [1.165, 1.54) is 123 Å². The molecule has 6 aromatic carbocycles. The van der Waals surface area contributed by atoms with E-state index in [9.17, 15) is 0 Å². The van der Waals surface area contributed by atoms with Crippen LogP contribution < -0.4 is 4.90 Å². The van der Waals surface area contributed by atoms with Crippen molar-refractivity contribution in [3.63, 3.8) is 0 Å². The molecule has 4 saturated carbocycles. The largest absolute Gasteiger partial charge is 0.309 e. The average Bonchev–Trinajstić information content (AvgIpc) is 3.83. The fourth-order valence-electron chi connectivity index (χ4n) is 15.9. The van der Waals surface area contributed by atoms with Crippen LogP contribution in [0.5, 0.6) is 0 Å². The van der Waals surface area contributed by atoms with Crippen LogP contribution in [-0.4, -0.2) is 0 Å². The first-order valence-electron chi connectivity index (χ1n) is 24.8. The van der Waals surface area contributed by atoms with Crippen molar-refractivity contribution >= 4 is 28.8 Å². The summed E-state index contributed by atoms with van der Waals surface area (Å²) in [6.07, 6.45) is 10.5. The monoisotopic (exact) mass is 855 g/mol. The highest BCUT2D eigenvalue weighted by Crippen LogP contribution is 2.89. The van der Waals surface area contributed by atoms with E-state index in [1.807, 2.05) is 0 Å². The lowest BCUT2D eigenvalue weighted by atomic mass is 9.26. The molecule has 6 unspecified atom stereocenters. The predicted molar refractivity (Wildman–Crippen MR) is 269 cm³/mol. The molecule has 1 heterocycles. The Morgan fingerprint density at radius 1 is 0.469 bits per heavy atom. The first-order valence-corrected chi connectivity index (χ1v) is 25.7. The van der Waals surface area contributed by atoms with Crippen molar-refractivity contribution in [2.24, 2.45) is 29.1 Å². The smallest absolute Gasteiger partial charge is 0.0682 e. The number of rotatable bonds is 5. The molecule has 0 aromatic heterocycles. The normalized spacial score (nSPS) is 29.6. The predicted octanol–water partition coefficient (Wildman–Crippen LogP) is 17.0. The molecule has 2 bridgehead atoms. The molecule has 6 aliphatic carbocycles. The molecule has 2 heteroatoms. The molecule has 4 fully saturated rings. The van der Waals surface area contributed by atoms with Crippen molar-refractivity contribution < 1.29 is 0 Å². The molecule has 0 amide bonds. The highest BCUT2D eigenvalue weighted by Gasteiger charge is 2.84. The summed E-state index contributed by atoms with van der Waals surface area (Å²) in [6.45, 7) is 19.8. The number of anilines is 3. The van der Waals surface area contributed by atoms with Gasteiger partial charge in [-0.3, -0.25) is 0 Å². The second kappa shape index (κ2) is 13.1. The minimum Gasteiger partial charge on any atom is -0.309 e. The van der Waals surface area contributed by atoms with E-state index in [0.717, 1.165) is 11.8 Å². The van der Waals surface area contributed by atoms with E-state index in [4.69, 9.17) is 0 Å². The average molecular weight is 856 g/mol. The van der Waals surface area contributed by atoms with Gasteiger partial charge >= 0.3 is 0 Å². The maximum Gasteiger partial charge on any atom is 0.0682 e. The van der Waals surface area contributed by atoms with E-state index >= 15 is 0 Å². The molecule has 13 rings (SSSR count). The molecular weight excluding hydrogens is 791 g/mol. The van der Waals surface area contributed by atoms with Crippen LogP contribution in [0.3, 0.4) is 0 Å². The number of fused-ring (bicyclic) bond motifs is 9. The van der Waals surface area contributed by atoms with E-state index in [-0.39, 0.29) is 27.1 Å². The van der Waals surface area contributed by atoms with Gasteiger partial charge in [-0.1, -0.05) is 164 Å². The number of benzene rings is 6. The van der Waals surface area contributed by atoms with Gasteiger partial charge in [0.15, 0.2) is 0 Å². The topological polar surface area (TPSA) is 3.24 Å². The maximum absolute atomic E-state index is 2.77. The van der Waals surface area contributed by atoms with Gasteiger partial charge in [-0.15, -0.1) is 0 Å². The molecule has 64 heavy (non-hydrogen) atoms. The van der Waals surface area contributed by atoms with Crippen LogP contribution in [0.2, 0.25) is 0 Å². The summed E-state index contributed by atoms with van der Waals surface area (Å²) >= 11 is 2.08. The Morgan fingerprint density at radius 3 is 1.59 bits per heavy atom. The van der Waals surface area contributed by atoms with Gasteiger partial charge in [-0.25, -0.2) is 0 Å². The summed E-state index contributed by atoms with van der Waals surface area (Å²) in [5.74, 6) is 3.26. The van der Waals surface area contributed by atoms with Crippen molar-refractivity contribution in [1.29, 1.82) is 0 Å². The minimum atomic E-state index is 0.0379. The molecule has 1 nitrogen and oxygen atoms in total. The Hall–Kier alpha value is -4.53. The molecule has 0 saturated heterocycles. The summed E-state index contributed by atoms with van der Waals surface area (Å²) in [5.41, 5.74) is 19.5. The van der Waals surface area contributed by atoms with Crippen molar-refractivity contribution in [2.75, 3.05) is 4.90 Å². The highest BCUT2D eigenvalue weighted by molar-refractivity contribution is 7.99. The Balaban J connectivity index is 1.12. The third-order valence-electron chi connectivity index (χ3n) is 19.3. The van der Waals surface area contributed by atoms with Crippen LogP contribution >= 0.6 is 11.8 Å². The van der Waals surface area contributed by atoms with Crippen LogP contribution in [0.25, 0.3) is 22.3 Å². The highest BCUT2D eigenvalue weighted by atomic mass is 32.2. The molecule has 6 aromatic rings. The lowest BCUT2D eigenvalue weighted by molar-refractivity contribution is -0.235. The Labute approximate surface area is 387 Å². The number of nitrogens with zero attached hydrogens (tertiary/aromatic N) is 1. The summed E-state index contributed by atoms with van der Waals surface area (Å²) in [5, 5.41) is 0. The fourth-order valence-corrected chi connectivity index (χ4v) is 17.3. The van der Waals surface area contributed by atoms with E-state index in [2.05, 4.69) is 199 Å². The van der Waals surface area contributed by atoms with Gasteiger partial charge in [0.05, 0.1) is 5.69 Å². The summed E-state index contributed by atoms with van der Waals surface area (Å²) < 4.78 is 0. The summed E-state index contributed by atoms with van der Waals surface area (Å²) in [7, 11) is 0. The molecule has 0 N–H and O–H groups in total. The summed E-state index contributed by atoms with van der Waals surface area (Å²) in [6, 6.07) is 50.7. The molecule has 2 spiro atoms. The zero-order valence-electron chi connectivity index (χ0n) is 39.4. The van der Waals surface area contributed by atoms with Crippen LogP contribution in [0, 0.1) is 29.1 Å². The number of hydrogen-bond donors (Lipinski definition) is 0. The maximum atomic E-state index is 2.77. The molecule has 7 aliphatic rings. The first-order chi connectivity index (χ1) is 30.6. The Bertz CT molecular complexity index is 2840. The van der Waals surface area contributed by atoms with E-state index in [1.54, 1.807) is 11.1 Å². The standard InChI is InChI=1S/C62H65NS/c1-57(2)27-29-59(5,6)50-35-43(20-24-46(50)57)63(44-21-25-47-51(36-44)60(7,8)30-28-58(47,3)4)55-45(40-17-13-10-14-18-40)22-26-49-56(55)64-52-33-41(39-15-11-9-12-16-39)19-23-48(52)62(49)53-32-38-31-42-34-54(62)61(42,53)37-38/h9-26,33,35-36,38,42,53-54H,27-32,34,37H2,1-8H3. The van der Waals surface area contributed by atoms with Gasteiger partial charge in [-0.2, -0.15) is 0 Å². The zero-order chi connectivity index (χ0) is 43.8. The lowest BCUT2D eigenvalue weighted by Crippen LogP contribution is -2.74. The summed E-state index contributed by atoms with van der Waals surface area (Å²) in [4.78, 5) is 5.72. The second-order valence-corrected chi connectivity index (χ2v) is 25.3. The van der Waals surface area contributed by atoms with Crippen molar-refractivity contribution in [1.82, 2.24) is 0 Å². The number of hydrogen-bond acceptors (Lipinski definition) is 2. The second-order valence-electron chi connectivity index (χ2n) is 24.3. The Morgan fingerprint density at radius 2 is 1.00 bits per heavy atom. The van der Waals surface area contributed by atoms with E-state index in [0.29, 0.717) is 17.3 Å². The van der Waals surface area contributed by atoms with Gasteiger partial charge in [0, 0.05) is 32.1 Å². The lowest BCUT2D eigenvalue weighted by Gasteiger charge is -2.78. The fraction of sp³-hybridized carbons (Fsp3) is 0.419. The van der Waals surface area contributed by atoms with Crippen LogP contribution in [0.1, 0.15) is 140 Å². The third kappa shape index (κ3) is 5.16. The minimum absolute atomic E-state index is 0.0379. The quantitative estimate of drug-likeness (QED) is 0.170. The van der Waals surface area contributed by atoms with Gasteiger partial charge < -0.3 is 4.90 Å². The van der Waals surface area contributed by atoms with Crippen LogP contribution in [0.4, 0.5) is 17.1 Å². The Kier molecular flexibility index (Phi) is 8.14. The molecule has 1 aliphatic heterocycles. The van der Waals surface area contributed by atoms with Gasteiger partial charge in [0.25, 0.3) is 0 Å². The van der Waals surface area contributed by atoms with Crippen molar-refractivity contribution in [3.05, 3.63) is 161 Å². The third-order valence-corrected chi connectivity index (χ3v) is 20.5. The van der Waals surface area contributed by atoms with Crippen molar-refractivity contribution in [3.8, 4) is 22.3 Å². The first kappa shape index (κ1) is 39.8. The van der Waals surface area contributed by atoms with Crippen LogP contribution in [-0.2, 0) is 27.1 Å². The van der Waals surface area contributed by atoms with E-state index < -0.39 is 0 Å². The molecule has 0 radical (unpaired) electrons. The molecule has 324 valence electrons. The van der Waals surface area contributed by atoms with Crippen molar-refractivity contribution in [2.45, 2.75) is 144 Å². The van der Waals surface area contributed by atoms with Crippen LogP contribution in [0.15, 0.2) is 137 Å². The van der Waals surface area contributed by atoms with Gasteiger partial charge in [0.1, 0.15) is 0 Å².